The van der Waals surface area contributed by atoms with Crippen molar-refractivity contribution in [2.75, 3.05) is 25.1 Å². The highest BCUT2D eigenvalue weighted by Gasteiger charge is 2.29. The number of aromatic nitrogens is 4. The largest absolute Gasteiger partial charge is 0.378 e. The van der Waals surface area contributed by atoms with Crippen molar-refractivity contribution < 1.29 is 4.74 Å². The van der Waals surface area contributed by atoms with E-state index < -0.39 is 0 Å². The summed E-state index contributed by atoms with van der Waals surface area (Å²) in [4.78, 5) is 15.8. The Morgan fingerprint density at radius 3 is 2.68 bits per heavy atom. The maximum atomic E-state index is 5.29. The van der Waals surface area contributed by atoms with Gasteiger partial charge in [0, 0.05) is 26.2 Å². The molecule has 0 bridgehead atoms. The van der Waals surface area contributed by atoms with Gasteiger partial charge in [0.15, 0.2) is 5.65 Å². The molecule has 2 aromatic rings. The van der Waals surface area contributed by atoms with Gasteiger partial charge >= 0.3 is 0 Å². The normalized spacial score (nSPS) is 16.4. The number of hydrogen-bond acceptors (Lipinski definition) is 5. The van der Waals surface area contributed by atoms with Gasteiger partial charge in [0.2, 0.25) is 5.95 Å². The molecule has 3 rings (SSSR count). The van der Waals surface area contributed by atoms with Crippen molar-refractivity contribution in [2.45, 2.75) is 32.9 Å². The fraction of sp³-hybridized carbons (Fsp3) is 0.615. The van der Waals surface area contributed by atoms with Crippen molar-refractivity contribution in [3.63, 3.8) is 0 Å². The summed E-state index contributed by atoms with van der Waals surface area (Å²) in [6.45, 7) is 7.96. The summed E-state index contributed by atoms with van der Waals surface area (Å²) in [5, 5.41) is 0. The van der Waals surface area contributed by atoms with Gasteiger partial charge in [-0.3, -0.25) is 0 Å². The summed E-state index contributed by atoms with van der Waals surface area (Å²) in [5.41, 5.74) is 2.74. The van der Waals surface area contributed by atoms with E-state index in [1.54, 1.807) is 7.11 Å². The van der Waals surface area contributed by atoms with Crippen LogP contribution in [0.4, 0.5) is 5.95 Å². The molecule has 102 valence electrons. The highest BCUT2D eigenvalue weighted by Crippen LogP contribution is 2.23. The second-order valence-corrected chi connectivity index (χ2v) is 5.29. The minimum absolute atomic E-state index is 0.301. The molecule has 0 amide bonds. The van der Waals surface area contributed by atoms with E-state index >= 15 is 0 Å². The Hall–Kier alpha value is -1.69. The maximum Gasteiger partial charge on any atom is 0.227 e. The second-order valence-electron chi connectivity index (χ2n) is 5.29. The van der Waals surface area contributed by atoms with Crippen molar-refractivity contribution in [3.8, 4) is 0 Å². The molecular weight excluding hydrogens is 242 g/mol. The first kappa shape index (κ1) is 12.3. The molecule has 0 aromatic carbocycles. The molecule has 0 spiro atoms. The van der Waals surface area contributed by atoms with Gasteiger partial charge in [-0.2, -0.15) is 4.98 Å². The third-order valence-electron chi connectivity index (χ3n) is 3.60. The Morgan fingerprint density at radius 2 is 2.05 bits per heavy atom. The topological polar surface area (TPSA) is 56.1 Å². The molecule has 0 saturated carbocycles. The molecule has 2 aromatic heterocycles. The zero-order valence-electron chi connectivity index (χ0n) is 11.8. The van der Waals surface area contributed by atoms with Crippen molar-refractivity contribution in [1.82, 2.24) is 19.5 Å². The van der Waals surface area contributed by atoms with E-state index in [1.807, 2.05) is 13.3 Å². The Kier molecular flexibility index (Phi) is 2.89. The number of rotatable bonds is 3. The number of aryl methyl sites for hydroxylation is 1. The lowest BCUT2D eigenvalue weighted by Gasteiger charge is -2.38. The number of fused-ring (bicyclic) bond motifs is 1. The van der Waals surface area contributed by atoms with Crippen LogP contribution in [0, 0.1) is 6.92 Å². The lowest BCUT2D eigenvalue weighted by molar-refractivity contribution is 0.0778. The van der Waals surface area contributed by atoms with Crippen LogP contribution in [0.3, 0.4) is 0 Å². The maximum absolute atomic E-state index is 5.29. The monoisotopic (exact) mass is 261 g/mol. The van der Waals surface area contributed by atoms with Crippen molar-refractivity contribution in [2.24, 2.45) is 0 Å². The number of methoxy groups -OCH3 is 1. The first-order chi connectivity index (χ1) is 9.10. The predicted molar refractivity (Wildman–Crippen MR) is 73.5 cm³/mol. The number of nitrogens with zero attached hydrogens (tertiary/aromatic N) is 5. The van der Waals surface area contributed by atoms with Gasteiger partial charge in [-0.15, -0.1) is 0 Å². The third-order valence-corrected chi connectivity index (χ3v) is 3.60. The molecule has 1 aliphatic rings. The van der Waals surface area contributed by atoms with Crippen LogP contribution in [0.2, 0.25) is 0 Å². The summed E-state index contributed by atoms with van der Waals surface area (Å²) < 4.78 is 7.37. The van der Waals surface area contributed by atoms with E-state index in [-0.39, 0.29) is 0 Å². The van der Waals surface area contributed by atoms with Crippen LogP contribution in [-0.2, 0) is 4.74 Å². The zero-order valence-corrected chi connectivity index (χ0v) is 11.8. The van der Waals surface area contributed by atoms with Crippen LogP contribution < -0.4 is 4.90 Å². The van der Waals surface area contributed by atoms with Gasteiger partial charge in [0.1, 0.15) is 5.52 Å². The zero-order chi connectivity index (χ0) is 13.6. The molecule has 19 heavy (non-hydrogen) atoms. The number of imidazole rings is 1. The molecule has 1 aliphatic heterocycles. The molecule has 1 fully saturated rings. The number of hydrogen-bond donors (Lipinski definition) is 0. The molecule has 3 heterocycles. The van der Waals surface area contributed by atoms with Crippen LogP contribution in [0.15, 0.2) is 6.33 Å². The van der Waals surface area contributed by atoms with E-state index in [4.69, 9.17) is 4.74 Å². The van der Waals surface area contributed by atoms with E-state index in [0.29, 0.717) is 12.1 Å². The molecule has 0 atom stereocenters. The van der Waals surface area contributed by atoms with E-state index in [9.17, 15) is 0 Å². The van der Waals surface area contributed by atoms with Crippen LogP contribution >= 0.6 is 0 Å². The molecule has 0 aliphatic carbocycles. The standard InChI is InChI=1S/C13H19N5O/c1-8(2)18-7-14-11-9(3)15-13(16-12(11)18)17-5-10(6-17)19-4/h7-8,10H,5-6H2,1-4H3. The molecule has 6 heteroatoms. The Bertz CT molecular complexity index is 600. The quantitative estimate of drug-likeness (QED) is 0.839. The van der Waals surface area contributed by atoms with Gasteiger partial charge in [-0.1, -0.05) is 0 Å². The average Bonchev–Trinajstić information content (AvgIpc) is 2.72. The van der Waals surface area contributed by atoms with Gasteiger partial charge < -0.3 is 14.2 Å². The second kappa shape index (κ2) is 4.45. The summed E-state index contributed by atoms with van der Waals surface area (Å²) in [6, 6.07) is 0.343. The molecule has 6 nitrogen and oxygen atoms in total. The summed E-state index contributed by atoms with van der Waals surface area (Å²) >= 11 is 0. The minimum Gasteiger partial charge on any atom is -0.378 e. The van der Waals surface area contributed by atoms with Crippen molar-refractivity contribution in [1.29, 1.82) is 0 Å². The van der Waals surface area contributed by atoms with E-state index in [2.05, 4.69) is 38.3 Å². The van der Waals surface area contributed by atoms with Crippen molar-refractivity contribution in [3.05, 3.63) is 12.0 Å². The van der Waals surface area contributed by atoms with Gasteiger partial charge in [0.05, 0.1) is 18.1 Å². The SMILES string of the molecule is COC1CN(c2nc(C)c3ncn(C(C)C)c3n2)C1. The van der Waals surface area contributed by atoms with Gasteiger partial charge in [-0.05, 0) is 20.8 Å². The summed E-state index contributed by atoms with van der Waals surface area (Å²) in [5.74, 6) is 0.778. The fourth-order valence-corrected chi connectivity index (χ4v) is 2.31. The first-order valence-corrected chi connectivity index (χ1v) is 6.59. The average molecular weight is 261 g/mol. The van der Waals surface area contributed by atoms with Crippen molar-refractivity contribution >= 4 is 17.1 Å². The number of anilines is 1. The highest BCUT2D eigenvalue weighted by molar-refractivity contribution is 5.75. The Morgan fingerprint density at radius 1 is 1.32 bits per heavy atom. The van der Waals surface area contributed by atoms with Crippen LogP contribution in [0.25, 0.3) is 11.2 Å². The molecule has 1 saturated heterocycles. The van der Waals surface area contributed by atoms with Gasteiger partial charge in [-0.25, -0.2) is 9.97 Å². The third kappa shape index (κ3) is 1.96. The molecule has 0 unspecified atom stereocenters. The molecular formula is C13H19N5O. The summed E-state index contributed by atoms with van der Waals surface area (Å²) in [7, 11) is 1.74. The minimum atomic E-state index is 0.301. The highest BCUT2D eigenvalue weighted by atomic mass is 16.5. The predicted octanol–water partition coefficient (Wildman–Crippen LogP) is 1.55. The lowest BCUT2D eigenvalue weighted by atomic mass is 10.2. The molecule has 0 N–H and O–H groups in total. The smallest absolute Gasteiger partial charge is 0.227 e. The first-order valence-electron chi connectivity index (χ1n) is 6.59. The van der Waals surface area contributed by atoms with Gasteiger partial charge in [0.25, 0.3) is 0 Å². The fourth-order valence-electron chi connectivity index (χ4n) is 2.31. The summed E-state index contributed by atoms with van der Waals surface area (Å²) in [6.07, 6.45) is 2.14. The lowest BCUT2D eigenvalue weighted by Crippen LogP contribution is -2.52. The van der Waals surface area contributed by atoms with Crippen LogP contribution in [0.1, 0.15) is 25.6 Å². The van der Waals surface area contributed by atoms with E-state index in [1.165, 1.54) is 0 Å². The van der Waals surface area contributed by atoms with Crippen LogP contribution in [-0.4, -0.2) is 45.8 Å². The van der Waals surface area contributed by atoms with E-state index in [0.717, 1.165) is 35.9 Å². The Labute approximate surface area is 112 Å². The van der Waals surface area contributed by atoms with Crippen LogP contribution in [0.5, 0.6) is 0 Å². The molecule has 0 radical (unpaired) electrons. The number of ether oxygens (including phenoxy) is 1. The Balaban J connectivity index is 2.00.